The fourth-order valence-electron chi connectivity index (χ4n) is 3.65. The highest BCUT2D eigenvalue weighted by molar-refractivity contribution is 7.89. The van der Waals surface area contributed by atoms with Crippen molar-refractivity contribution in [2.45, 2.75) is 62.6 Å². The van der Waals surface area contributed by atoms with Crippen LogP contribution in [0.4, 0.5) is 5.69 Å². The molecule has 4 N–H and O–H groups in total. The average molecular weight is 473 g/mol. The van der Waals surface area contributed by atoms with Crippen LogP contribution in [0.15, 0.2) is 59.5 Å². The minimum atomic E-state index is -3.67. The fourth-order valence-corrected chi connectivity index (χ4v) is 5.07. The van der Waals surface area contributed by atoms with E-state index in [0.717, 1.165) is 24.9 Å². The smallest absolute Gasteiger partial charge is 0.247 e. The van der Waals surface area contributed by atoms with Crippen LogP contribution in [-0.4, -0.2) is 44.4 Å². The molecule has 1 aliphatic rings. The minimum absolute atomic E-state index is 0.108. The zero-order valence-electron chi connectivity index (χ0n) is 19.2. The lowest BCUT2D eigenvalue weighted by Crippen LogP contribution is -2.50. The third kappa shape index (κ3) is 7.38. The largest absolute Gasteiger partial charge is 0.343 e. The average Bonchev–Trinajstić information content (AvgIpc) is 3.28. The molecule has 9 heteroatoms. The van der Waals surface area contributed by atoms with Crippen molar-refractivity contribution >= 4 is 27.5 Å². The van der Waals surface area contributed by atoms with Crippen molar-refractivity contribution in [1.29, 1.82) is 0 Å². The van der Waals surface area contributed by atoms with Gasteiger partial charge in [0.05, 0.1) is 10.9 Å². The van der Waals surface area contributed by atoms with Crippen LogP contribution in [0.2, 0.25) is 0 Å². The van der Waals surface area contributed by atoms with Gasteiger partial charge in [0.1, 0.15) is 6.04 Å². The summed E-state index contributed by atoms with van der Waals surface area (Å²) in [6.07, 6.45) is 2.00. The van der Waals surface area contributed by atoms with Gasteiger partial charge in [0.15, 0.2) is 0 Å². The van der Waals surface area contributed by atoms with Crippen LogP contribution in [0.3, 0.4) is 0 Å². The Morgan fingerprint density at radius 3 is 2.30 bits per heavy atom. The molecule has 0 aromatic heterocycles. The van der Waals surface area contributed by atoms with Gasteiger partial charge in [0.2, 0.25) is 21.8 Å². The molecule has 2 atom stereocenters. The van der Waals surface area contributed by atoms with Gasteiger partial charge in [0.25, 0.3) is 0 Å². The zero-order chi connectivity index (χ0) is 24.1. The molecular formula is C24H32N4O4S. The Balaban J connectivity index is 1.72. The van der Waals surface area contributed by atoms with Crippen LogP contribution < -0.4 is 20.7 Å². The third-order valence-electron chi connectivity index (χ3n) is 5.17. The number of anilines is 1. The highest BCUT2D eigenvalue weighted by Gasteiger charge is 2.28. The standard InChI is InChI=1S/C24H32N4O4S/c1-24(2,3)28-33(31,32)19-13-11-18(12-14-19)26-23(30)21(16-17-8-5-4-6-9-17)27-22(29)20-10-7-15-25-20/h4-6,8-9,11-14,20-21,25,28H,7,10,15-16H2,1-3H3,(H,26,30)(H,27,29). The summed E-state index contributed by atoms with van der Waals surface area (Å²) in [6.45, 7) is 6.08. The molecular weight excluding hydrogens is 440 g/mol. The quantitative estimate of drug-likeness (QED) is 0.470. The van der Waals surface area contributed by atoms with Crippen molar-refractivity contribution in [3.63, 3.8) is 0 Å². The fraction of sp³-hybridized carbons (Fsp3) is 0.417. The van der Waals surface area contributed by atoms with E-state index in [1.54, 1.807) is 20.8 Å². The number of amides is 2. The number of benzene rings is 2. The van der Waals surface area contributed by atoms with Gasteiger partial charge in [-0.15, -0.1) is 0 Å². The van der Waals surface area contributed by atoms with E-state index in [9.17, 15) is 18.0 Å². The molecule has 1 heterocycles. The molecule has 0 bridgehead atoms. The first-order chi connectivity index (χ1) is 15.5. The van der Waals surface area contributed by atoms with Crippen molar-refractivity contribution in [1.82, 2.24) is 15.4 Å². The van der Waals surface area contributed by atoms with Gasteiger partial charge in [-0.3, -0.25) is 9.59 Å². The predicted octanol–water partition coefficient (Wildman–Crippen LogP) is 2.18. The molecule has 0 radical (unpaired) electrons. The highest BCUT2D eigenvalue weighted by Crippen LogP contribution is 2.17. The van der Waals surface area contributed by atoms with Crippen LogP contribution in [-0.2, 0) is 26.0 Å². The first kappa shape index (κ1) is 24.9. The first-order valence-corrected chi connectivity index (χ1v) is 12.5. The Morgan fingerprint density at radius 2 is 1.73 bits per heavy atom. The Labute approximate surface area is 195 Å². The lowest BCUT2D eigenvalue weighted by Gasteiger charge is -2.21. The van der Waals surface area contributed by atoms with Crippen molar-refractivity contribution in [3.8, 4) is 0 Å². The van der Waals surface area contributed by atoms with Gasteiger partial charge in [-0.25, -0.2) is 13.1 Å². The Hall–Kier alpha value is -2.75. The van der Waals surface area contributed by atoms with Gasteiger partial charge < -0.3 is 16.0 Å². The van der Waals surface area contributed by atoms with E-state index >= 15 is 0 Å². The van der Waals surface area contributed by atoms with Crippen molar-refractivity contribution in [3.05, 3.63) is 60.2 Å². The Bertz CT molecular complexity index is 1060. The molecule has 33 heavy (non-hydrogen) atoms. The SMILES string of the molecule is CC(C)(C)NS(=O)(=O)c1ccc(NC(=O)C(Cc2ccccc2)NC(=O)C2CCCN2)cc1. The number of hydrogen-bond acceptors (Lipinski definition) is 5. The molecule has 3 rings (SSSR count). The summed E-state index contributed by atoms with van der Waals surface area (Å²) in [5, 5.41) is 8.81. The van der Waals surface area contributed by atoms with E-state index in [-0.39, 0.29) is 22.8 Å². The van der Waals surface area contributed by atoms with Crippen molar-refractivity contribution < 1.29 is 18.0 Å². The maximum atomic E-state index is 13.1. The maximum absolute atomic E-state index is 13.1. The van der Waals surface area contributed by atoms with Gasteiger partial charge >= 0.3 is 0 Å². The number of nitrogens with one attached hydrogen (secondary N) is 4. The molecule has 0 spiro atoms. The van der Waals surface area contributed by atoms with E-state index < -0.39 is 21.6 Å². The molecule has 178 valence electrons. The van der Waals surface area contributed by atoms with Gasteiger partial charge in [-0.2, -0.15) is 0 Å². The van der Waals surface area contributed by atoms with Crippen molar-refractivity contribution in [2.24, 2.45) is 0 Å². The summed E-state index contributed by atoms with van der Waals surface area (Å²) in [5.74, 6) is -0.563. The van der Waals surface area contributed by atoms with Gasteiger partial charge in [-0.1, -0.05) is 30.3 Å². The summed E-state index contributed by atoms with van der Waals surface area (Å²) in [5.41, 5.74) is 0.760. The molecule has 8 nitrogen and oxygen atoms in total. The normalized spacial score (nSPS) is 17.4. The summed E-state index contributed by atoms with van der Waals surface area (Å²) >= 11 is 0. The second-order valence-corrected chi connectivity index (χ2v) is 11.0. The summed E-state index contributed by atoms with van der Waals surface area (Å²) in [6, 6.07) is 14.4. The molecule has 1 saturated heterocycles. The van der Waals surface area contributed by atoms with E-state index in [4.69, 9.17) is 0 Å². The summed E-state index contributed by atoms with van der Waals surface area (Å²) in [7, 11) is -3.67. The van der Waals surface area contributed by atoms with Crippen LogP contribution in [0, 0.1) is 0 Å². The number of sulfonamides is 1. The topological polar surface area (TPSA) is 116 Å². The molecule has 2 aromatic carbocycles. The maximum Gasteiger partial charge on any atom is 0.247 e. The van der Waals surface area contributed by atoms with E-state index in [1.165, 1.54) is 24.3 Å². The predicted molar refractivity (Wildman–Crippen MR) is 128 cm³/mol. The molecule has 1 fully saturated rings. The lowest BCUT2D eigenvalue weighted by atomic mass is 10.0. The monoisotopic (exact) mass is 472 g/mol. The molecule has 0 saturated carbocycles. The minimum Gasteiger partial charge on any atom is -0.343 e. The highest BCUT2D eigenvalue weighted by atomic mass is 32.2. The molecule has 1 aliphatic heterocycles. The number of carbonyl (C=O) groups is 2. The second kappa shape index (κ2) is 10.5. The molecule has 0 aliphatic carbocycles. The van der Waals surface area contributed by atoms with Crippen LogP contribution in [0.25, 0.3) is 0 Å². The number of hydrogen-bond donors (Lipinski definition) is 4. The van der Waals surface area contributed by atoms with E-state index in [0.29, 0.717) is 12.1 Å². The molecule has 2 amide bonds. The lowest BCUT2D eigenvalue weighted by molar-refractivity contribution is -0.127. The van der Waals surface area contributed by atoms with Crippen LogP contribution >= 0.6 is 0 Å². The van der Waals surface area contributed by atoms with Gasteiger partial charge in [-0.05, 0) is 70.0 Å². The first-order valence-electron chi connectivity index (χ1n) is 11.1. The summed E-state index contributed by atoms with van der Waals surface area (Å²) in [4.78, 5) is 25.8. The second-order valence-electron chi connectivity index (χ2n) is 9.27. The Morgan fingerprint density at radius 1 is 1.06 bits per heavy atom. The van der Waals surface area contributed by atoms with Crippen LogP contribution in [0.5, 0.6) is 0 Å². The van der Waals surface area contributed by atoms with E-state index in [1.807, 2.05) is 30.3 Å². The third-order valence-corrected chi connectivity index (χ3v) is 6.94. The Kier molecular flexibility index (Phi) is 7.88. The van der Waals surface area contributed by atoms with Crippen molar-refractivity contribution in [2.75, 3.05) is 11.9 Å². The number of rotatable bonds is 8. The zero-order valence-corrected chi connectivity index (χ0v) is 20.0. The summed E-state index contributed by atoms with van der Waals surface area (Å²) < 4.78 is 27.6. The number of carbonyl (C=O) groups excluding carboxylic acids is 2. The molecule has 2 aromatic rings. The van der Waals surface area contributed by atoms with Crippen LogP contribution in [0.1, 0.15) is 39.2 Å². The molecule has 2 unspecified atom stereocenters. The van der Waals surface area contributed by atoms with E-state index in [2.05, 4.69) is 20.7 Å². The van der Waals surface area contributed by atoms with Gasteiger partial charge in [0, 0.05) is 17.6 Å².